The molecule has 9 rings (SSSR count). The first-order chi connectivity index (χ1) is 28.2. The van der Waals surface area contributed by atoms with Gasteiger partial charge in [0.1, 0.15) is 6.10 Å². The molecule has 5 fully saturated rings. The lowest BCUT2D eigenvalue weighted by molar-refractivity contribution is -0.137. The van der Waals surface area contributed by atoms with E-state index in [1.54, 1.807) is 6.07 Å². The van der Waals surface area contributed by atoms with Crippen molar-refractivity contribution in [2.45, 2.75) is 162 Å². The molecule has 2 aromatic rings. The molecule has 0 aliphatic heterocycles. The number of ketones is 1. The first-order valence-electron chi connectivity index (χ1n) is 23.1. The third-order valence-corrected chi connectivity index (χ3v) is 16.7. The molecule has 0 spiro atoms. The quantitative estimate of drug-likeness (QED) is 0.204. The number of rotatable bonds is 8. The predicted octanol–water partition coefficient (Wildman–Crippen LogP) is 11.9. The predicted molar refractivity (Wildman–Crippen MR) is 230 cm³/mol. The molecule has 2 N–H and O–H groups in total. The van der Waals surface area contributed by atoms with Crippen LogP contribution in [0.15, 0.2) is 54.1 Å². The number of aliphatic hydroxyl groups excluding tert-OH is 1. The van der Waals surface area contributed by atoms with Gasteiger partial charge in [-0.3, -0.25) is 4.79 Å². The molecule has 1 amide bonds. The van der Waals surface area contributed by atoms with Crippen LogP contribution in [0.3, 0.4) is 0 Å². The minimum absolute atomic E-state index is 0.0577. The van der Waals surface area contributed by atoms with Gasteiger partial charge < -0.3 is 19.8 Å². The van der Waals surface area contributed by atoms with Gasteiger partial charge in [-0.2, -0.15) is 13.2 Å². The van der Waals surface area contributed by atoms with Crippen molar-refractivity contribution in [1.82, 2.24) is 4.90 Å². The van der Waals surface area contributed by atoms with Crippen LogP contribution in [0.2, 0.25) is 0 Å². The van der Waals surface area contributed by atoms with Crippen LogP contribution in [0.1, 0.15) is 164 Å². The average Bonchev–Trinajstić information content (AvgIpc) is 3.44. The highest BCUT2D eigenvalue weighted by Crippen LogP contribution is 2.62. The molecule has 60 heavy (non-hydrogen) atoms. The van der Waals surface area contributed by atoms with Gasteiger partial charge >= 0.3 is 12.3 Å². The Morgan fingerprint density at radius 3 is 2.43 bits per heavy atom. The Kier molecular flexibility index (Phi) is 12.9. The van der Waals surface area contributed by atoms with Gasteiger partial charge in [0.2, 0.25) is 0 Å². The number of alkyl halides is 3. The summed E-state index contributed by atoms with van der Waals surface area (Å²) >= 11 is 0. The molecule has 6 nitrogen and oxygen atoms in total. The van der Waals surface area contributed by atoms with E-state index in [2.05, 4.69) is 54.5 Å². The Morgan fingerprint density at radius 1 is 0.967 bits per heavy atom. The second-order valence-electron chi connectivity index (χ2n) is 21.2. The number of amides is 1. The van der Waals surface area contributed by atoms with Crippen LogP contribution in [-0.4, -0.2) is 57.9 Å². The van der Waals surface area contributed by atoms with Crippen LogP contribution >= 0.6 is 0 Å². The molecule has 7 aliphatic rings. The van der Waals surface area contributed by atoms with Crippen molar-refractivity contribution in [2.75, 3.05) is 13.1 Å². The van der Waals surface area contributed by atoms with E-state index in [0.29, 0.717) is 92.2 Å². The van der Waals surface area contributed by atoms with Crippen LogP contribution in [0.5, 0.6) is 0 Å². The van der Waals surface area contributed by atoms with Gasteiger partial charge in [-0.25, -0.2) is 4.79 Å². The Balaban J connectivity index is 1.28. The summed E-state index contributed by atoms with van der Waals surface area (Å²) < 4.78 is 48.3. The maximum absolute atomic E-state index is 14.8. The largest absolute Gasteiger partial charge is 0.446 e. The van der Waals surface area contributed by atoms with E-state index < -0.39 is 34.6 Å². The van der Waals surface area contributed by atoms with Crippen molar-refractivity contribution in [3.63, 3.8) is 0 Å². The zero-order valence-electron chi connectivity index (χ0n) is 37.1. The highest BCUT2D eigenvalue weighted by molar-refractivity contribution is 6.10. The highest BCUT2D eigenvalue weighted by atomic mass is 19.4. The lowest BCUT2D eigenvalue weighted by Gasteiger charge is -2.60. The second kappa shape index (κ2) is 17.2. The standard InChI is InChI=1S/C51H70F3NO5/c1-31(2)40-19-14-33(4)24-45(40)60-47(58)55(29-36-16-17-37-28-44(36)48(37,5)6)30-50(59)23-21-43-41-20-15-34(25-39(56)18-13-32(3)10-9-22-49(43,50)7)26-42(41)46(57)35-11-8-12-38(27-35)51(52,53)54/h8,10-12,15,20,26-27,31,33,36-37,39-40,43-45,56,59H,9,13-14,16-19,21-25,28-30H2,1-7H3/t33-,36-,37-,39-,40+,43-,44-,45-,49-,50+/m0/s1. The number of ether oxygens (including phenoxy) is 1. The molecule has 0 heterocycles. The third kappa shape index (κ3) is 8.87. The molecular formula is C51H70F3NO5. The van der Waals surface area contributed by atoms with Crippen molar-refractivity contribution in [2.24, 2.45) is 46.3 Å². The van der Waals surface area contributed by atoms with Gasteiger partial charge in [0.25, 0.3) is 0 Å². The molecule has 0 saturated heterocycles. The fraction of sp³-hybridized carbons (Fsp3) is 0.686. The Hall–Kier alpha value is -3.17. The van der Waals surface area contributed by atoms with E-state index in [9.17, 15) is 33.0 Å². The number of fused-ring (bicyclic) bond motifs is 10. The fourth-order valence-corrected chi connectivity index (χ4v) is 12.6. The smallest absolute Gasteiger partial charge is 0.416 e. The molecule has 7 aliphatic carbocycles. The summed E-state index contributed by atoms with van der Waals surface area (Å²) in [4.78, 5) is 31.2. The normalized spacial score (nSPS) is 34.2. The van der Waals surface area contributed by atoms with Gasteiger partial charge in [0.15, 0.2) is 5.78 Å². The number of carbonyl (C=O) groups excluding carboxylic acids is 2. The number of hydrogen-bond donors (Lipinski definition) is 2. The zero-order valence-corrected chi connectivity index (χ0v) is 37.1. The van der Waals surface area contributed by atoms with Crippen LogP contribution < -0.4 is 0 Å². The van der Waals surface area contributed by atoms with Crippen molar-refractivity contribution >= 4 is 11.9 Å². The van der Waals surface area contributed by atoms with E-state index in [1.807, 2.05) is 17.0 Å². The average molecular weight is 834 g/mol. The van der Waals surface area contributed by atoms with Crippen molar-refractivity contribution in [3.8, 4) is 0 Å². The van der Waals surface area contributed by atoms with E-state index in [-0.39, 0.29) is 41.6 Å². The minimum atomic E-state index is -4.61. The molecule has 0 unspecified atom stereocenters. The number of hydrogen-bond acceptors (Lipinski definition) is 5. The zero-order chi connectivity index (χ0) is 43.4. The highest BCUT2D eigenvalue weighted by Gasteiger charge is 2.59. The maximum atomic E-state index is 14.8. The van der Waals surface area contributed by atoms with Gasteiger partial charge in [0.05, 0.1) is 23.8 Å². The summed E-state index contributed by atoms with van der Waals surface area (Å²) in [5.41, 5.74) is -0.0463. The van der Waals surface area contributed by atoms with Crippen LogP contribution in [0.25, 0.3) is 0 Å². The lowest BCUT2D eigenvalue weighted by Crippen LogP contribution is -2.58. The maximum Gasteiger partial charge on any atom is 0.416 e. The topological polar surface area (TPSA) is 87.1 Å². The number of allylic oxidation sites excluding steroid dienone is 2. The lowest BCUT2D eigenvalue weighted by atomic mass is 9.45. The van der Waals surface area contributed by atoms with E-state index >= 15 is 0 Å². The molecule has 0 radical (unpaired) electrons. The summed E-state index contributed by atoms with van der Waals surface area (Å²) in [7, 11) is 0. The summed E-state index contributed by atoms with van der Waals surface area (Å²) in [6, 6.07) is 10.2. The SMILES string of the molecule is CC1=CCC[C@@]2(C)[C@@H](CC[C@@]2(O)CN(C[C@@H]2CC[C@H]3C[C@@H]2C3(C)C)C(=O)O[C@H]2C[C@@H](C)CC[C@@H]2C(C)C)c2ccc(cc2C(=O)c2cccc(C(F)(F)F)c2)C[C@@H](O)CC1. The molecule has 330 valence electrons. The van der Waals surface area contributed by atoms with Crippen molar-refractivity contribution in [3.05, 3.63) is 81.9 Å². The minimum Gasteiger partial charge on any atom is -0.446 e. The van der Waals surface area contributed by atoms with Crippen LogP contribution in [0.4, 0.5) is 18.0 Å². The Morgan fingerprint density at radius 2 is 1.73 bits per heavy atom. The molecule has 5 saturated carbocycles. The van der Waals surface area contributed by atoms with Gasteiger partial charge in [0, 0.05) is 23.1 Å². The van der Waals surface area contributed by atoms with Crippen LogP contribution in [0, 0.1) is 46.3 Å². The second-order valence-corrected chi connectivity index (χ2v) is 21.2. The molecule has 10 atom stereocenters. The number of halogens is 3. The number of aliphatic hydroxyl groups is 2. The number of nitrogens with zero attached hydrogens (tertiary/aromatic N) is 1. The number of benzene rings is 2. The van der Waals surface area contributed by atoms with Crippen molar-refractivity contribution in [1.29, 1.82) is 0 Å². The molecule has 4 bridgehead atoms. The van der Waals surface area contributed by atoms with E-state index in [1.165, 1.54) is 18.6 Å². The van der Waals surface area contributed by atoms with E-state index in [4.69, 9.17) is 4.74 Å². The van der Waals surface area contributed by atoms with Crippen molar-refractivity contribution < 1.29 is 37.7 Å². The molecular weight excluding hydrogens is 764 g/mol. The fourth-order valence-electron chi connectivity index (χ4n) is 12.6. The van der Waals surface area contributed by atoms with Gasteiger partial charge in [-0.15, -0.1) is 0 Å². The number of carbonyl (C=O) groups is 2. The van der Waals surface area contributed by atoms with E-state index in [0.717, 1.165) is 55.4 Å². The summed E-state index contributed by atoms with van der Waals surface area (Å²) in [6.07, 6.45) is 6.34. The molecule has 2 aromatic carbocycles. The summed E-state index contributed by atoms with van der Waals surface area (Å²) in [6.45, 7) is 16.2. The third-order valence-electron chi connectivity index (χ3n) is 16.7. The summed E-state index contributed by atoms with van der Waals surface area (Å²) in [5, 5.41) is 24.4. The van der Waals surface area contributed by atoms with Gasteiger partial charge in [-0.1, -0.05) is 83.9 Å². The Bertz CT molecular complexity index is 1920. The summed E-state index contributed by atoms with van der Waals surface area (Å²) in [5.74, 6) is 1.75. The first kappa shape index (κ1) is 44.9. The van der Waals surface area contributed by atoms with Crippen LogP contribution in [-0.2, 0) is 17.3 Å². The first-order valence-corrected chi connectivity index (χ1v) is 23.1. The Labute approximate surface area is 356 Å². The molecule has 9 heteroatoms. The van der Waals surface area contributed by atoms with Gasteiger partial charge in [-0.05, 0) is 160 Å². The molecule has 0 aromatic heterocycles. The monoisotopic (exact) mass is 834 g/mol.